The predicted octanol–water partition coefficient (Wildman–Crippen LogP) is 5.40. The van der Waals surface area contributed by atoms with Gasteiger partial charge in [0, 0.05) is 11.6 Å². The first-order chi connectivity index (χ1) is 15.2. The number of carbonyl (C=O) groups excluding carboxylic acids is 2. The summed E-state index contributed by atoms with van der Waals surface area (Å²) >= 11 is 0. The monoisotopic (exact) mass is 577 g/mol. The molecule has 3 rings (SSSR count). The van der Waals surface area contributed by atoms with E-state index in [1.54, 1.807) is 6.92 Å². The molecule has 0 amide bonds. The molecule has 0 spiro atoms. The van der Waals surface area contributed by atoms with Crippen LogP contribution < -0.4 is 4.65 Å². The van der Waals surface area contributed by atoms with Gasteiger partial charge < -0.3 is 23.2 Å². The van der Waals surface area contributed by atoms with E-state index in [1.165, 1.54) is 42.5 Å². The maximum absolute atomic E-state index is 13.2. The van der Waals surface area contributed by atoms with E-state index >= 15 is 0 Å². The molecule has 2 aromatic heterocycles. The van der Waals surface area contributed by atoms with Gasteiger partial charge in [-0.15, -0.1) is 24.0 Å². The Morgan fingerprint density at radius 3 is 2.36 bits per heavy atom. The van der Waals surface area contributed by atoms with E-state index in [0.29, 0.717) is 19.7 Å². The molecular formula is C21H18BF3IO7. The zero-order valence-electron chi connectivity index (χ0n) is 17.1. The molecule has 12 heteroatoms. The number of halogens is 4. The molecule has 0 fully saturated rings. The first-order valence-corrected chi connectivity index (χ1v) is 9.02. The van der Waals surface area contributed by atoms with Crippen molar-refractivity contribution in [2.45, 2.75) is 13.1 Å². The molecule has 1 aromatic carbocycles. The van der Waals surface area contributed by atoms with Crippen LogP contribution in [0.4, 0.5) is 13.2 Å². The number of alkyl halides is 3. The third kappa shape index (κ3) is 7.82. The highest BCUT2D eigenvalue weighted by molar-refractivity contribution is 14.0. The molecule has 1 N–H and O–H groups in total. The van der Waals surface area contributed by atoms with Crippen molar-refractivity contribution < 1.29 is 46.0 Å². The van der Waals surface area contributed by atoms with Gasteiger partial charge in [-0.25, -0.2) is 4.79 Å². The molecule has 0 saturated heterocycles. The summed E-state index contributed by atoms with van der Waals surface area (Å²) < 4.78 is 58.8. The van der Waals surface area contributed by atoms with Gasteiger partial charge in [-0.3, -0.25) is 4.79 Å². The molecule has 7 nitrogen and oxygen atoms in total. The molecule has 0 saturated carbocycles. The van der Waals surface area contributed by atoms with Crippen LogP contribution in [0, 0.1) is 0 Å². The minimum absolute atomic E-state index is 0. The standard InChI is InChI=1S/C16H13F3O3.C5H4BO4.HI/c1-3-11-6-8-14(22-11)12-7-5-10(15(20)21-4-2)9-13(12)16(17,18)19;7-3-4-1-2-5(9-4)10-6-8;/h3,5-9H,1,4H2,2H3;1-3,8H;1H. The first kappa shape index (κ1) is 28.0. The minimum Gasteiger partial charge on any atom is -0.510 e. The second-order valence-electron chi connectivity index (χ2n) is 5.88. The quantitative estimate of drug-likeness (QED) is 0.174. The largest absolute Gasteiger partial charge is 0.571 e. The van der Waals surface area contributed by atoms with Crippen molar-refractivity contribution >= 4 is 50.0 Å². The summed E-state index contributed by atoms with van der Waals surface area (Å²) in [6, 6.07) is 9.04. The van der Waals surface area contributed by atoms with Crippen molar-refractivity contribution in [2.24, 2.45) is 0 Å². The molecule has 0 aliphatic rings. The van der Waals surface area contributed by atoms with Crippen LogP contribution >= 0.6 is 24.0 Å². The Bertz CT molecular complexity index is 1080. The summed E-state index contributed by atoms with van der Waals surface area (Å²) in [7, 11) is 0.480. The van der Waals surface area contributed by atoms with Crippen LogP contribution in [0.5, 0.6) is 5.95 Å². The Morgan fingerprint density at radius 2 is 1.85 bits per heavy atom. The molecule has 0 aliphatic heterocycles. The molecule has 2 heterocycles. The van der Waals surface area contributed by atoms with Gasteiger partial charge in [0.15, 0.2) is 12.0 Å². The van der Waals surface area contributed by atoms with Gasteiger partial charge in [-0.2, -0.15) is 13.2 Å². The lowest BCUT2D eigenvalue weighted by atomic mass is 10.0. The number of hydrogen-bond donors (Lipinski definition) is 1. The Balaban J connectivity index is 0.000000417. The van der Waals surface area contributed by atoms with Crippen molar-refractivity contribution in [3.8, 4) is 17.3 Å². The topological polar surface area (TPSA) is 99.1 Å². The normalized spacial score (nSPS) is 10.2. The highest BCUT2D eigenvalue weighted by atomic mass is 127. The average molecular weight is 577 g/mol. The van der Waals surface area contributed by atoms with Crippen LogP contribution in [0.3, 0.4) is 0 Å². The molecule has 0 bridgehead atoms. The average Bonchev–Trinajstić information content (AvgIpc) is 3.43. The van der Waals surface area contributed by atoms with Crippen molar-refractivity contribution in [3.63, 3.8) is 0 Å². The van der Waals surface area contributed by atoms with E-state index in [1.807, 2.05) is 0 Å². The lowest BCUT2D eigenvalue weighted by Crippen LogP contribution is -2.11. The van der Waals surface area contributed by atoms with Gasteiger partial charge in [0.05, 0.1) is 17.7 Å². The maximum Gasteiger partial charge on any atom is 0.571 e. The van der Waals surface area contributed by atoms with Gasteiger partial charge in [0.2, 0.25) is 0 Å². The number of hydrogen-bond acceptors (Lipinski definition) is 7. The zero-order valence-corrected chi connectivity index (χ0v) is 19.5. The van der Waals surface area contributed by atoms with Gasteiger partial charge in [0.1, 0.15) is 11.5 Å². The fourth-order valence-corrected chi connectivity index (χ4v) is 2.46. The third-order valence-electron chi connectivity index (χ3n) is 3.82. The van der Waals surface area contributed by atoms with E-state index in [4.69, 9.17) is 18.6 Å². The lowest BCUT2D eigenvalue weighted by molar-refractivity contribution is -0.137. The number of carbonyl (C=O) groups is 2. The summed E-state index contributed by atoms with van der Waals surface area (Å²) in [4.78, 5) is 21.6. The summed E-state index contributed by atoms with van der Waals surface area (Å²) in [5.41, 5.74) is -1.26. The third-order valence-corrected chi connectivity index (χ3v) is 3.82. The van der Waals surface area contributed by atoms with Crippen molar-refractivity contribution in [1.29, 1.82) is 0 Å². The summed E-state index contributed by atoms with van der Waals surface area (Å²) in [6.45, 7) is 5.16. The summed E-state index contributed by atoms with van der Waals surface area (Å²) in [5, 5.41) is 8.11. The highest BCUT2D eigenvalue weighted by Crippen LogP contribution is 2.38. The Morgan fingerprint density at radius 1 is 1.15 bits per heavy atom. The molecular weight excluding hydrogens is 559 g/mol. The molecule has 3 aromatic rings. The molecule has 0 unspecified atom stereocenters. The van der Waals surface area contributed by atoms with Crippen molar-refractivity contribution in [3.05, 3.63) is 71.7 Å². The van der Waals surface area contributed by atoms with Gasteiger partial charge in [-0.1, -0.05) is 6.58 Å². The second kappa shape index (κ2) is 12.9. The molecule has 0 atom stereocenters. The lowest BCUT2D eigenvalue weighted by Gasteiger charge is -2.13. The number of ether oxygens (including phenoxy) is 1. The first-order valence-electron chi connectivity index (χ1n) is 9.02. The van der Waals surface area contributed by atoms with Crippen LogP contribution in [0.2, 0.25) is 0 Å². The van der Waals surface area contributed by atoms with E-state index in [0.717, 1.165) is 6.07 Å². The van der Waals surface area contributed by atoms with E-state index in [-0.39, 0.29) is 59.2 Å². The number of furan rings is 2. The van der Waals surface area contributed by atoms with E-state index in [9.17, 15) is 22.8 Å². The molecule has 175 valence electrons. The van der Waals surface area contributed by atoms with Crippen LogP contribution in [0.15, 0.2) is 57.9 Å². The van der Waals surface area contributed by atoms with Gasteiger partial charge >= 0.3 is 19.8 Å². The van der Waals surface area contributed by atoms with Crippen LogP contribution in [0.25, 0.3) is 17.4 Å². The van der Waals surface area contributed by atoms with Crippen molar-refractivity contribution in [2.75, 3.05) is 6.61 Å². The highest BCUT2D eigenvalue weighted by Gasteiger charge is 2.35. The number of esters is 1. The summed E-state index contributed by atoms with van der Waals surface area (Å²) in [5.74, 6) is -0.137. The fourth-order valence-electron chi connectivity index (χ4n) is 2.46. The fraction of sp³-hybridized carbons (Fsp3) is 0.143. The molecule has 1 radical (unpaired) electrons. The van der Waals surface area contributed by atoms with E-state index in [2.05, 4.69) is 11.2 Å². The van der Waals surface area contributed by atoms with Gasteiger partial charge in [0.25, 0.3) is 5.95 Å². The maximum atomic E-state index is 13.2. The number of aldehydes is 1. The van der Waals surface area contributed by atoms with Gasteiger partial charge in [-0.05, 0) is 49.4 Å². The molecule has 33 heavy (non-hydrogen) atoms. The Hall–Kier alpha value is -3.00. The SMILES string of the molecule is C=Cc1ccc(-c2ccc(C(=O)OCC)cc2C(F)(F)F)o1.I.O=Cc1ccc(O[B]O)o1. The second-order valence-corrected chi connectivity index (χ2v) is 5.88. The molecule has 0 aliphatic carbocycles. The number of benzene rings is 1. The Labute approximate surface area is 204 Å². The van der Waals surface area contributed by atoms with Crippen LogP contribution in [-0.4, -0.2) is 31.6 Å². The minimum atomic E-state index is -4.63. The van der Waals surface area contributed by atoms with E-state index < -0.39 is 17.7 Å². The van der Waals surface area contributed by atoms with Crippen LogP contribution in [-0.2, 0) is 10.9 Å². The number of rotatable bonds is 7. The smallest absolute Gasteiger partial charge is 0.510 e. The summed E-state index contributed by atoms with van der Waals surface area (Å²) in [6.07, 6.45) is -2.69. The Kier molecular flexibility index (Phi) is 11.0. The predicted molar refractivity (Wildman–Crippen MR) is 123 cm³/mol. The van der Waals surface area contributed by atoms with Crippen LogP contribution in [0.1, 0.15) is 39.2 Å². The zero-order chi connectivity index (χ0) is 23.7. The van der Waals surface area contributed by atoms with Crippen molar-refractivity contribution in [1.82, 2.24) is 0 Å².